The number of aromatic nitrogens is 2. The van der Waals surface area contributed by atoms with Gasteiger partial charge in [-0.3, -0.25) is 19.6 Å². The zero-order valence-corrected chi connectivity index (χ0v) is 26.1. The Balaban J connectivity index is 0.000000219. The number of methoxy groups -OCH3 is 2. The van der Waals surface area contributed by atoms with Gasteiger partial charge in [0.2, 0.25) is 0 Å². The van der Waals surface area contributed by atoms with Gasteiger partial charge in [0.1, 0.15) is 23.0 Å². The Kier molecular flexibility index (Phi) is 9.59. The molecule has 0 bridgehead atoms. The molecule has 3 aromatic carbocycles. The predicted octanol–water partition coefficient (Wildman–Crippen LogP) is 6.07. The zero-order valence-electron chi connectivity index (χ0n) is 24.6. The Morgan fingerprint density at radius 3 is 1.91 bits per heavy atom. The molecule has 0 aliphatic heterocycles. The molecule has 2 heterocycles. The van der Waals surface area contributed by atoms with Crippen LogP contribution in [0.2, 0.25) is 10.0 Å². The van der Waals surface area contributed by atoms with Crippen molar-refractivity contribution in [3.8, 4) is 23.0 Å². The minimum atomic E-state index is -0.619. The second-order valence-corrected chi connectivity index (χ2v) is 10.9. The Morgan fingerprint density at radius 2 is 1.35 bits per heavy atom. The van der Waals surface area contributed by atoms with Crippen molar-refractivity contribution in [3.05, 3.63) is 88.2 Å². The van der Waals surface area contributed by atoms with Gasteiger partial charge in [-0.2, -0.15) is 0 Å². The number of hydrogen-bond acceptors (Lipinski definition) is 8. The number of halogens is 2. The van der Waals surface area contributed by atoms with Crippen LogP contribution in [-0.4, -0.2) is 48.1 Å². The van der Waals surface area contributed by atoms with E-state index in [2.05, 4.69) is 20.6 Å². The Bertz CT molecular complexity index is 1990. The van der Waals surface area contributed by atoms with E-state index in [1.165, 1.54) is 14.2 Å². The molecule has 1 aliphatic rings. The third kappa shape index (κ3) is 7.31. The molecule has 0 spiro atoms. The summed E-state index contributed by atoms with van der Waals surface area (Å²) < 4.78 is 16.3. The first-order valence-electron chi connectivity index (χ1n) is 13.8. The lowest BCUT2D eigenvalue weighted by Crippen LogP contribution is -2.30. The monoisotopic (exact) mass is 662 g/mol. The molecule has 6 rings (SSSR count). The standard InChI is InChI=1S/C21H19ClN4O4.C11H9ClN2O2/c1-29-19-10-17-13(9-14(19)20(23)27)18(6-7-24-17)30-12-4-5-16(15(22)8-12)26-21(28)25-11-2-3-11;1-16-10-5-9-6(4-7(10)11(13)15)8(12)2-3-14-9/h4-11H,2-3H2,1H3,(H2,23,27)(H2,25,26,28);2-5H,1H3,(H2,13,15). The van der Waals surface area contributed by atoms with Crippen LogP contribution in [0, 0.1) is 0 Å². The molecule has 14 heteroatoms. The molecule has 12 nitrogen and oxygen atoms in total. The zero-order chi connectivity index (χ0) is 33.0. The van der Waals surface area contributed by atoms with Crippen LogP contribution >= 0.6 is 23.2 Å². The van der Waals surface area contributed by atoms with Gasteiger partial charge in [-0.1, -0.05) is 23.2 Å². The number of urea groups is 1. The summed E-state index contributed by atoms with van der Waals surface area (Å²) in [5.41, 5.74) is 12.9. The first kappa shape index (κ1) is 32.1. The number of hydrogen-bond donors (Lipinski definition) is 4. The Morgan fingerprint density at radius 1 is 0.761 bits per heavy atom. The first-order valence-corrected chi connectivity index (χ1v) is 14.6. The quantitative estimate of drug-likeness (QED) is 0.154. The lowest BCUT2D eigenvalue weighted by atomic mass is 10.1. The second kappa shape index (κ2) is 13.8. The summed E-state index contributed by atoms with van der Waals surface area (Å²) in [5, 5.41) is 7.68. The number of benzene rings is 3. The number of nitrogens with zero attached hydrogens (tertiary/aromatic N) is 2. The summed E-state index contributed by atoms with van der Waals surface area (Å²) in [5.74, 6) is 0.480. The number of primary amides is 2. The fraction of sp³-hybridized carbons (Fsp3) is 0.156. The number of nitrogens with two attached hydrogens (primary N) is 2. The highest BCUT2D eigenvalue weighted by molar-refractivity contribution is 6.35. The van der Waals surface area contributed by atoms with E-state index in [-0.39, 0.29) is 17.6 Å². The molecule has 2 aromatic heterocycles. The Hall–Kier alpha value is -5.33. The number of carbonyl (C=O) groups is 3. The summed E-state index contributed by atoms with van der Waals surface area (Å²) in [6.45, 7) is 0. The van der Waals surface area contributed by atoms with Gasteiger partial charge < -0.3 is 36.3 Å². The molecular formula is C32H28Cl2N6O6. The molecule has 1 saturated carbocycles. The van der Waals surface area contributed by atoms with Gasteiger partial charge in [0, 0.05) is 47.4 Å². The van der Waals surface area contributed by atoms with Crippen LogP contribution in [0.5, 0.6) is 23.0 Å². The molecule has 6 N–H and O–H groups in total. The van der Waals surface area contributed by atoms with Crippen LogP contribution in [0.4, 0.5) is 10.5 Å². The molecule has 0 radical (unpaired) electrons. The van der Waals surface area contributed by atoms with Crippen LogP contribution < -0.4 is 36.3 Å². The van der Waals surface area contributed by atoms with Gasteiger partial charge in [0.05, 0.1) is 52.1 Å². The summed E-state index contributed by atoms with van der Waals surface area (Å²) in [7, 11) is 2.93. The SMILES string of the molecule is COc1cc2nccc(Cl)c2cc1C(N)=O.COc1cc2nccc(Oc3ccc(NC(=O)NC4CC4)c(Cl)c3)c2cc1C(N)=O. The van der Waals surface area contributed by atoms with Crippen molar-refractivity contribution in [1.29, 1.82) is 0 Å². The van der Waals surface area contributed by atoms with E-state index in [0.29, 0.717) is 66.1 Å². The number of fused-ring (bicyclic) bond motifs is 2. The highest BCUT2D eigenvalue weighted by atomic mass is 35.5. The van der Waals surface area contributed by atoms with E-state index in [4.69, 9.17) is 48.9 Å². The van der Waals surface area contributed by atoms with Crippen LogP contribution in [-0.2, 0) is 0 Å². The highest BCUT2D eigenvalue weighted by Crippen LogP contribution is 2.35. The van der Waals surface area contributed by atoms with E-state index in [1.807, 2.05) is 0 Å². The molecule has 1 fully saturated rings. The highest BCUT2D eigenvalue weighted by Gasteiger charge is 2.23. The number of amides is 4. The third-order valence-corrected chi connectivity index (χ3v) is 7.53. The molecule has 5 aromatic rings. The molecule has 0 saturated heterocycles. The molecule has 236 valence electrons. The van der Waals surface area contributed by atoms with Gasteiger partial charge in [-0.15, -0.1) is 0 Å². The van der Waals surface area contributed by atoms with Gasteiger partial charge in [-0.05, 0) is 49.2 Å². The fourth-order valence-electron chi connectivity index (χ4n) is 4.46. The number of rotatable bonds is 8. The predicted molar refractivity (Wildman–Crippen MR) is 175 cm³/mol. The summed E-state index contributed by atoms with van der Waals surface area (Å²) >= 11 is 12.3. The largest absolute Gasteiger partial charge is 0.496 e. The van der Waals surface area contributed by atoms with Gasteiger partial charge in [0.15, 0.2) is 0 Å². The van der Waals surface area contributed by atoms with E-state index < -0.39 is 11.8 Å². The number of nitrogens with one attached hydrogen (secondary N) is 2. The van der Waals surface area contributed by atoms with E-state index >= 15 is 0 Å². The van der Waals surface area contributed by atoms with E-state index in [9.17, 15) is 14.4 Å². The van der Waals surface area contributed by atoms with E-state index in [0.717, 1.165) is 12.8 Å². The van der Waals surface area contributed by atoms with Crippen molar-refractivity contribution in [1.82, 2.24) is 15.3 Å². The van der Waals surface area contributed by atoms with Crippen LogP contribution in [0.1, 0.15) is 33.6 Å². The fourth-order valence-corrected chi connectivity index (χ4v) is 4.88. The summed E-state index contributed by atoms with van der Waals surface area (Å²) in [6, 6.07) is 14.7. The van der Waals surface area contributed by atoms with Crippen molar-refractivity contribution in [2.24, 2.45) is 11.5 Å². The number of ether oxygens (including phenoxy) is 3. The smallest absolute Gasteiger partial charge is 0.319 e. The number of anilines is 1. The Labute approximate surface area is 272 Å². The molecule has 4 amide bonds. The second-order valence-electron chi connectivity index (χ2n) is 10.1. The third-order valence-electron chi connectivity index (χ3n) is 6.89. The lowest BCUT2D eigenvalue weighted by molar-refractivity contribution is 0.0989. The maximum absolute atomic E-state index is 11.9. The number of carbonyl (C=O) groups excluding carboxylic acids is 3. The molecule has 46 heavy (non-hydrogen) atoms. The minimum absolute atomic E-state index is 0.224. The molecule has 0 atom stereocenters. The van der Waals surface area contributed by atoms with Crippen LogP contribution in [0.25, 0.3) is 21.8 Å². The topological polar surface area (TPSA) is 181 Å². The normalized spacial score (nSPS) is 12.1. The molecule has 1 aliphatic carbocycles. The lowest BCUT2D eigenvalue weighted by Gasteiger charge is -2.13. The van der Waals surface area contributed by atoms with Crippen molar-refractivity contribution in [2.45, 2.75) is 18.9 Å². The van der Waals surface area contributed by atoms with Crippen molar-refractivity contribution < 1.29 is 28.6 Å². The number of pyridine rings is 2. The van der Waals surface area contributed by atoms with Gasteiger partial charge >= 0.3 is 6.03 Å². The van der Waals surface area contributed by atoms with Crippen molar-refractivity contribution >= 4 is 68.5 Å². The average molecular weight is 664 g/mol. The first-order chi connectivity index (χ1) is 22.1. The van der Waals surface area contributed by atoms with Gasteiger partial charge in [0.25, 0.3) is 11.8 Å². The average Bonchev–Trinajstić information content (AvgIpc) is 3.85. The maximum atomic E-state index is 11.9. The van der Waals surface area contributed by atoms with Crippen molar-refractivity contribution in [3.63, 3.8) is 0 Å². The maximum Gasteiger partial charge on any atom is 0.319 e. The van der Waals surface area contributed by atoms with Crippen LogP contribution in [0.15, 0.2) is 67.0 Å². The van der Waals surface area contributed by atoms with Gasteiger partial charge in [-0.25, -0.2) is 4.79 Å². The van der Waals surface area contributed by atoms with Crippen LogP contribution in [0.3, 0.4) is 0 Å². The summed E-state index contributed by atoms with van der Waals surface area (Å²) in [4.78, 5) is 43.3. The summed E-state index contributed by atoms with van der Waals surface area (Å²) in [6.07, 6.45) is 5.17. The minimum Gasteiger partial charge on any atom is -0.496 e. The molecular weight excluding hydrogens is 635 g/mol. The van der Waals surface area contributed by atoms with E-state index in [1.54, 1.807) is 67.0 Å². The molecule has 0 unspecified atom stereocenters. The van der Waals surface area contributed by atoms with Crippen molar-refractivity contribution in [2.75, 3.05) is 19.5 Å².